The Morgan fingerprint density at radius 1 is 1.32 bits per heavy atom. The Labute approximate surface area is 115 Å². The number of nitrogens with one attached hydrogen (secondary N) is 1. The Kier molecular flexibility index (Phi) is 6.97. The summed E-state index contributed by atoms with van der Waals surface area (Å²) in [5.41, 5.74) is 6.79. The standard InChI is InChI=1S/C15H24N2O2/c1-3-9-17-15(18)13(11-16)10-12-5-7-14(8-6-12)19-4-2/h5-8,13H,3-4,9-11,16H2,1-2H3,(H,17,18). The number of benzene rings is 1. The summed E-state index contributed by atoms with van der Waals surface area (Å²) in [5, 5.41) is 2.89. The summed E-state index contributed by atoms with van der Waals surface area (Å²) in [6.07, 6.45) is 1.60. The van der Waals surface area contributed by atoms with Gasteiger partial charge >= 0.3 is 0 Å². The molecule has 106 valence electrons. The van der Waals surface area contributed by atoms with E-state index < -0.39 is 0 Å². The van der Waals surface area contributed by atoms with Crippen LogP contribution in [0.1, 0.15) is 25.8 Å². The maximum absolute atomic E-state index is 11.9. The molecule has 0 bridgehead atoms. The van der Waals surface area contributed by atoms with Crippen molar-refractivity contribution in [3.8, 4) is 5.75 Å². The molecule has 1 aromatic carbocycles. The van der Waals surface area contributed by atoms with Gasteiger partial charge in [-0.15, -0.1) is 0 Å². The van der Waals surface area contributed by atoms with Crippen molar-refractivity contribution < 1.29 is 9.53 Å². The zero-order valence-corrected chi connectivity index (χ0v) is 11.8. The number of hydrogen-bond acceptors (Lipinski definition) is 3. The van der Waals surface area contributed by atoms with E-state index in [-0.39, 0.29) is 11.8 Å². The molecule has 1 aromatic rings. The zero-order chi connectivity index (χ0) is 14.1. The van der Waals surface area contributed by atoms with Crippen LogP contribution in [0.5, 0.6) is 5.75 Å². The van der Waals surface area contributed by atoms with Crippen LogP contribution in [-0.2, 0) is 11.2 Å². The largest absolute Gasteiger partial charge is 0.494 e. The second-order valence-corrected chi connectivity index (χ2v) is 4.50. The second-order valence-electron chi connectivity index (χ2n) is 4.50. The smallest absolute Gasteiger partial charge is 0.224 e. The first-order chi connectivity index (χ1) is 9.21. The maximum atomic E-state index is 11.9. The number of carbonyl (C=O) groups excluding carboxylic acids is 1. The maximum Gasteiger partial charge on any atom is 0.224 e. The second kappa shape index (κ2) is 8.53. The SMILES string of the molecule is CCCNC(=O)C(CN)Cc1ccc(OCC)cc1. The molecule has 0 fully saturated rings. The predicted octanol–water partition coefficient (Wildman–Crippen LogP) is 1.73. The van der Waals surface area contributed by atoms with Gasteiger partial charge < -0.3 is 15.8 Å². The van der Waals surface area contributed by atoms with Crippen molar-refractivity contribution in [2.45, 2.75) is 26.7 Å². The van der Waals surface area contributed by atoms with E-state index in [0.717, 1.165) is 17.7 Å². The lowest BCUT2D eigenvalue weighted by Gasteiger charge is -2.15. The van der Waals surface area contributed by atoms with Crippen LogP contribution in [0.15, 0.2) is 24.3 Å². The third-order valence-electron chi connectivity index (χ3n) is 2.92. The van der Waals surface area contributed by atoms with Crippen LogP contribution in [0.25, 0.3) is 0 Å². The zero-order valence-electron chi connectivity index (χ0n) is 11.8. The van der Waals surface area contributed by atoms with E-state index in [1.807, 2.05) is 38.1 Å². The van der Waals surface area contributed by atoms with E-state index in [2.05, 4.69) is 5.32 Å². The Balaban J connectivity index is 2.57. The van der Waals surface area contributed by atoms with Crippen LogP contribution in [0.2, 0.25) is 0 Å². The fourth-order valence-corrected chi connectivity index (χ4v) is 1.85. The fourth-order valence-electron chi connectivity index (χ4n) is 1.85. The van der Waals surface area contributed by atoms with E-state index in [0.29, 0.717) is 26.1 Å². The summed E-state index contributed by atoms with van der Waals surface area (Å²) < 4.78 is 5.39. The molecular weight excluding hydrogens is 240 g/mol. The topological polar surface area (TPSA) is 64.4 Å². The first-order valence-electron chi connectivity index (χ1n) is 6.90. The van der Waals surface area contributed by atoms with Gasteiger partial charge in [0.25, 0.3) is 0 Å². The van der Waals surface area contributed by atoms with Crippen LogP contribution < -0.4 is 15.8 Å². The van der Waals surface area contributed by atoms with Gasteiger partial charge in [0, 0.05) is 13.1 Å². The van der Waals surface area contributed by atoms with E-state index in [9.17, 15) is 4.79 Å². The third kappa shape index (κ3) is 5.30. The lowest BCUT2D eigenvalue weighted by atomic mass is 9.98. The predicted molar refractivity (Wildman–Crippen MR) is 77.2 cm³/mol. The quantitative estimate of drug-likeness (QED) is 0.751. The Morgan fingerprint density at radius 3 is 2.53 bits per heavy atom. The van der Waals surface area contributed by atoms with Crippen molar-refractivity contribution in [3.05, 3.63) is 29.8 Å². The molecule has 1 unspecified atom stereocenters. The van der Waals surface area contributed by atoms with Crippen LogP contribution in [0.4, 0.5) is 0 Å². The highest BCUT2D eigenvalue weighted by molar-refractivity contribution is 5.79. The molecule has 0 spiro atoms. The highest BCUT2D eigenvalue weighted by Gasteiger charge is 2.16. The average molecular weight is 264 g/mol. The molecule has 1 rings (SSSR count). The van der Waals surface area contributed by atoms with Gasteiger partial charge in [0.2, 0.25) is 5.91 Å². The molecule has 4 nitrogen and oxygen atoms in total. The fraction of sp³-hybridized carbons (Fsp3) is 0.533. The minimum absolute atomic E-state index is 0.0400. The molecule has 0 aromatic heterocycles. The summed E-state index contributed by atoms with van der Waals surface area (Å²) >= 11 is 0. The Bertz CT molecular complexity index is 376. The summed E-state index contributed by atoms with van der Waals surface area (Å²) in [6.45, 7) is 5.71. The normalized spacial score (nSPS) is 11.9. The van der Waals surface area contributed by atoms with Gasteiger partial charge in [0.05, 0.1) is 12.5 Å². The number of amides is 1. The highest BCUT2D eigenvalue weighted by Crippen LogP contribution is 2.15. The number of hydrogen-bond donors (Lipinski definition) is 2. The molecule has 1 amide bonds. The van der Waals surface area contributed by atoms with Crippen LogP contribution in [-0.4, -0.2) is 25.6 Å². The van der Waals surface area contributed by atoms with Gasteiger partial charge in [-0.2, -0.15) is 0 Å². The number of rotatable bonds is 8. The third-order valence-corrected chi connectivity index (χ3v) is 2.92. The monoisotopic (exact) mass is 264 g/mol. The molecule has 0 aliphatic heterocycles. The van der Waals surface area contributed by atoms with Crippen LogP contribution >= 0.6 is 0 Å². The van der Waals surface area contributed by atoms with E-state index in [1.54, 1.807) is 0 Å². The molecule has 0 saturated heterocycles. The molecule has 0 aliphatic rings. The highest BCUT2D eigenvalue weighted by atomic mass is 16.5. The van der Waals surface area contributed by atoms with Crippen molar-refractivity contribution in [2.75, 3.05) is 19.7 Å². The van der Waals surface area contributed by atoms with E-state index in [1.165, 1.54) is 0 Å². The lowest BCUT2D eigenvalue weighted by Crippen LogP contribution is -2.36. The molecule has 0 aliphatic carbocycles. The summed E-state index contributed by atoms with van der Waals surface area (Å²) in [5.74, 6) is 0.730. The number of ether oxygens (including phenoxy) is 1. The van der Waals surface area contributed by atoms with Gasteiger partial charge in [0.1, 0.15) is 5.75 Å². The van der Waals surface area contributed by atoms with Crippen molar-refractivity contribution in [1.29, 1.82) is 0 Å². The molecule has 19 heavy (non-hydrogen) atoms. The van der Waals surface area contributed by atoms with Crippen molar-refractivity contribution in [2.24, 2.45) is 11.7 Å². The molecule has 0 radical (unpaired) electrons. The van der Waals surface area contributed by atoms with Gasteiger partial charge in [-0.3, -0.25) is 4.79 Å². The first-order valence-corrected chi connectivity index (χ1v) is 6.90. The first kappa shape index (κ1) is 15.5. The number of nitrogens with two attached hydrogens (primary N) is 1. The van der Waals surface area contributed by atoms with Gasteiger partial charge in [0.15, 0.2) is 0 Å². The van der Waals surface area contributed by atoms with E-state index >= 15 is 0 Å². The minimum atomic E-state index is -0.163. The Hall–Kier alpha value is -1.55. The number of carbonyl (C=O) groups is 1. The summed E-state index contributed by atoms with van der Waals surface area (Å²) in [6, 6.07) is 7.83. The van der Waals surface area contributed by atoms with Gasteiger partial charge in [-0.1, -0.05) is 19.1 Å². The molecule has 0 saturated carbocycles. The van der Waals surface area contributed by atoms with Gasteiger partial charge in [-0.25, -0.2) is 0 Å². The molecular formula is C15H24N2O2. The van der Waals surface area contributed by atoms with Crippen molar-refractivity contribution in [1.82, 2.24) is 5.32 Å². The lowest BCUT2D eigenvalue weighted by molar-refractivity contribution is -0.124. The van der Waals surface area contributed by atoms with Crippen LogP contribution in [0, 0.1) is 5.92 Å². The van der Waals surface area contributed by atoms with Gasteiger partial charge in [-0.05, 0) is 37.5 Å². The van der Waals surface area contributed by atoms with Crippen molar-refractivity contribution >= 4 is 5.91 Å². The molecule has 0 heterocycles. The summed E-state index contributed by atoms with van der Waals surface area (Å²) in [4.78, 5) is 11.9. The van der Waals surface area contributed by atoms with Crippen LogP contribution in [0.3, 0.4) is 0 Å². The Morgan fingerprint density at radius 2 is 2.00 bits per heavy atom. The summed E-state index contributed by atoms with van der Waals surface area (Å²) in [7, 11) is 0. The van der Waals surface area contributed by atoms with E-state index in [4.69, 9.17) is 10.5 Å². The molecule has 1 atom stereocenters. The van der Waals surface area contributed by atoms with Crippen molar-refractivity contribution in [3.63, 3.8) is 0 Å². The molecule has 4 heteroatoms. The average Bonchev–Trinajstić information content (AvgIpc) is 2.44. The molecule has 3 N–H and O–H groups in total. The minimum Gasteiger partial charge on any atom is -0.494 e.